The highest BCUT2D eigenvalue weighted by molar-refractivity contribution is 5.92. The third kappa shape index (κ3) is 4.29. The van der Waals surface area contributed by atoms with Gasteiger partial charge in [-0.05, 0) is 37.6 Å². The summed E-state index contributed by atoms with van der Waals surface area (Å²) < 4.78 is 53.8. The standard InChI is InChI=1S/C22H17F4N5O/c1-11-17-7-14(9-28-21(17)31-30-11)16-4-3-13(5-19(16)23)6-20(32)29-15-8-18(22(24,25)26)12(2)27-10-15/h3-5,7-10H,6H2,1-2H3,(H,29,32)(H,28,30,31). The molecule has 10 heteroatoms. The molecule has 0 spiro atoms. The number of carbonyl (C=O) groups is 1. The first kappa shape index (κ1) is 21.4. The summed E-state index contributed by atoms with van der Waals surface area (Å²) in [6.45, 7) is 3.05. The molecule has 0 aliphatic heterocycles. The van der Waals surface area contributed by atoms with Gasteiger partial charge in [-0.1, -0.05) is 12.1 Å². The molecule has 1 aromatic carbocycles. The number of anilines is 1. The SMILES string of the molecule is Cc1ncc(NC(=O)Cc2ccc(-c3cnc4[nH]nc(C)c4c3)c(F)c2)cc1C(F)(F)F. The molecular weight excluding hydrogens is 426 g/mol. The summed E-state index contributed by atoms with van der Waals surface area (Å²) in [6, 6.07) is 6.93. The largest absolute Gasteiger partial charge is 0.418 e. The van der Waals surface area contributed by atoms with Crippen molar-refractivity contribution in [3.05, 3.63) is 71.1 Å². The van der Waals surface area contributed by atoms with E-state index < -0.39 is 23.5 Å². The number of aryl methyl sites for hydroxylation is 2. The first-order chi connectivity index (χ1) is 15.1. The molecule has 3 heterocycles. The summed E-state index contributed by atoms with van der Waals surface area (Å²) in [7, 11) is 0. The normalized spacial score (nSPS) is 11.7. The molecule has 1 amide bonds. The van der Waals surface area contributed by atoms with E-state index in [1.54, 1.807) is 12.1 Å². The first-order valence-electron chi connectivity index (χ1n) is 9.55. The summed E-state index contributed by atoms with van der Waals surface area (Å²) >= 11 is 0. The summed E-state index contributed by atoms with van der Waals surface area (Å²) in [5, 5.41) is 9.99. The Hall–Kier alpha value is -3.82. The van der Waals surface area contributed by atoms with Crippen LogP contribution >= 0.6 is 0 Å². The Bertz CT molecular complexity index is 1330. The number of nitrogens with zero attached hydrogens (tertiary/aromatic N) is 3. The predicted molar refractivity (Wildman–Crippen MR) is 110 cm³/mol. The summed E-state index contributed by atoms with van der Waals surface area (Å²) in [5.74, 6) is -1.14. The zero-order valence-electron chi connectivity index (χ0n) is 17.0. The predicted octanol–water partition coefficient (Wildman–Crippen LogP) is 4.98. The fraction of sp³-hybridized carbons (Fsp3) is 0.182. The van der Waals surface area contributed by atoms with Crippen LogP contribution in [-0.4, -0.2) is 26.1 Å². The highest BCUT2D eigenvalue weighted by Gasteiger charge is 2.33. The number of hydrogen-bond donors (Lipinski definition) is 2. The van der Waals surface area contributed by atoms with Gasteiger partial charge in [0.2, 0.25) is 5.91 Å². The summed E-state index contributed by atoms with van der Waals surface area (Å²) in [4.78, 5) is 20.2. The van der Waals surface area contributed by atoms with Crippen LogP contribution in [0.1, 0.15) is 22.5 Å². The van der Waals surface area contributed by atoms with Crippen molar-refractivity contribution in [2.45, 2.75) is 26.4 Å². The van der Waals surface area contributed by atoms with Crippen molar-refractivity contribution < 1.29 is 22.4 Å². The lowest BCUT2D eigenvalue weighted by molar-refractivity contribution is -0.138. The number of carbonyl (C=O) groups excluding carboxylic acids is 1. The van der Waals surface area contributed by atoms with Crippen LogP contribution in [-0.2, 0) is 17.4 Å². The van der Waals surface area contributed by atoms with Crippen LogP contribution in [0.4, 0.5) is 23.2 Å². The molecule has 4 rings (SSSR count). The first-order valence-corrected chi connectivity index (χ1v) is 9.55. The van der Waals surface area contributed by atoms with Crippen molar-refractivity contribution >= 4 is 22.6 Å². The van der Waals surface area contributed by atoms with Gasteiger partial charge in [0.05, 0.1) is 29.6 Å². The molecule has 0 unspecified atom stereocenters. The van der Waals surface area contributed by atoms with E-state index in [0.29, 0.717) is 22.3 Å². The second-order valence-corrected chi connectivity index (χ2v) is 7.32. The van der Waals surface area contributed by atoms with E-state index >= 15 is 0 Å². The van der Waals surface area contributed by atoms with E-state index in [9.17, 15) is 22.4 Å². The summed E-state index contributed by atoms with van der Waals surface area (Å²) in [6.07, 6.45) is -2.13. The number of benzene rings is 1. The number of nitrogens with one attached hydrogen (secondary N) is 2. The number of aromatic amines is 1. The summed E-state index contributed by atoms with van der Waals surface area (Å²) in [5.41, 5.74) is 1.37. The van der Waals surface area contributed by atoms with E-state index in [1.165, 1.54) is 25.3 Å². The maximum atomic E-state index is 14.8. The highest BCUT2D eigenvalue weighted by Crippen LogP contribution is 2.32. The van der Waals surface area contributed by atoms with Gasteiger partial charge < -0.3 is 5.32 Å². The smallest absolute Gasteiger partial charge is 0.324 e. The van der Waals surface area contributed by atoms with Crippen LogP contribution in [0.3, 0.4) is 0 Å². The molecule has 0 radical (unpaired) electrons. The van der Waals surface area contributed by atoms with Gasteiger partial charge in [-0.15, -0.1) is 0 Å². The second kappa shape index (κ2) is 8.03. The van der Waals surface area contributed by atoms with Gasteiger partial charge >= 0.3 is 6.18 Å². The van der Waals surface area contributed by atoms with Crippen molar-refractivity contribution in [3.63, 3.8) is 0 Å². The molecule has 0 fully saturated rings. The van der Waals surface area contributed by atoms with Crippen LogP contribution in [0.25, 0.3) is 22.2 Å². The van der Waals surface area contributed by atoms with Crippen molar-refractivity contribution in [1.82, 2.24) is 20.2 Å². The molecule has 32 heavy (non-hydrogen) atoms. The van der Waals surface area contributed by atoms with Crippen LogP contribution < -0.4 is 5.32 Å². The van der Waals surface area contributed by atoms with Crippen LogP contribution in [0.5, 0.6) is 0 Å². The lowest BCUT2D eigenvalue weighted by Crippen LogP contribution is -2.16. The maximum Gasteiger partial charge on any atom is 0.418 e. The number of fused-ring (bicyclic) bond motifs is 1. The number of halogens is 4. The number of aromatic nitrogens is 4. The van der Waals surface area contributed by atoms with Gasteiger partial charge in [0.15, 0.2) is 5.65 Å². The molecule has 0 aliphatic carbocycles. The number of pyridine rings is 2. The van der Waals surface area contributed by atoms with Crippen molar-refractivity contribution in [3.8, 4) is 11.1 Å². The Kier molecular flexibility index (Phi) is 5.37. The molecule has 0 atom stereocenters. The third-order valence-corrected chi connectivity index (χ3v) is 4.99. The molecule has 4 aromatic rings. The Morgan fingerprint density at radius 1 is 1.06 bits per heavy atom. The number of amides is 1. The fourth-order valence-electron chi connectivity index (χ4n) is 3.36. The second-order valence-electron chi connectivity index (χ2n) is 7.32. The minimum Gasteiger partial charge on any atom is -0.324 e. The van der Waals surface area contributed by atoms with E-state index in [1.807, 2.05) is 6.92 Å². The quantitative estimate of drug-likeness (QED) is 0.436. The number of H-pyrrole nitrogens is 1. The van der Waals surface area contributed by atoms with Crippen LogP contribution in [0.15, 0.2) is 42.7 Å². The van der Waals surface area contributed by atoms with Gasteiger partial charge in [-0.3, -0.25) is 14.9 Å². The Morgan fingerprint density at radius 2 is 1.84 bits per heavy atom. The topological polar surface area (TPSA) is 83.6 Å². The maximum absolute atomic E-state index is 14.8. The number of alkyl halides is 3. The molecule has 6 nitrogen and oxygen atoms in total. The zero-order chi connectivity index (χ0) is 23.0. The molecule has 0 aliphatic rings. The van der Waals surface area contributed by atoms with Crippen molar-refractivity contribution in [2.75, 3.05) is 5.32 Å². The lowest BCUT2D eigenvalue weighted by Gasteiger charge is -2.12. The highest BCUT2D eigenvalue weighted by atomic mass is 19.4. The van der Waals surface area contributed by atoms with Crippen molar-refractivity contribution in [1.29, 1.82) is 0 Å². The van der Waals surface area contributed by atoms with Gasteiger partial charge in [0, 0.05) is 28.4 Å². The molecule has 0 saturated heterocycles. The minimum absolute atomic E-state index is 0.0834. The zero-order valence-corrected chi connectivity index (χ0v) is 17.0. The van der Waals surface area contributed by atoms with E-state index in [0.717, 1.165) is 23.3 Å². The van der Waals surface area contributed by atoms with E-state index in [2.05, 4.69) is 25.5 Å². The van der Waals surface area contributed by atoms with Crippen LogP contribution in [0.2, 0.25) is 0 Å². The van der Waals surface area contributed by atoms with Gasteiger partial charge in [-0.25, -0.2) is 9.37 Å². The number of hydrogen-bond acceptors (Lipinski definition) is 4. The lowest BCUT2D eigenvalue weighted by atomic mass is 10.0. The molecule has 164 valence electrons. The Morgan fingerprint density at radius 3 is 2.56 bits per heavy atom. The van der Waals surface area contributed by atoms with E-state index in [-0.39, 0.29) is 17.8 Å². The minimum atomic E-state index is -4.58. The molecule has 3 aromatic heterocycles. The average Bonchev–Trinajstić information content (AvgIpc) is 3.09. The van der Waals surface area contributed by atoms with Gasteiger partial charge in [0.25, 0.3) is 0 Å². The average molecular weight is 443 g/mol. The molecule has 0 bridgehead atoms. The monoisotopic (exact) mass is 443 g/mol. The van der Waals surface area contributed by atoms with Crippen molar-refractivity contribution in [2.24, 2.45) is 0 Å². The Labute approximate surface area is 179 Å². The third-order valence-electron chi connectivity index (χ3n) is 4.99. The van der Waals surface area contributed by atoms with E-state index in [4.69, 9.17) is 0 Å². The van der Waals surface area contributed by atoms with Gasteiger partial charge in [0.1, 0.15) is 5.82 Å². The molecular formula is C22H17F4N5O. The van der Waals surface area contributed by atoms with Crippen LogP contribution in [0, 0.1) is 19.7 Å². The number of rotatable bonds is 4. The molecule has 0 saturated carbocycles. The van der Waals surface area contributed by atoms with Gasteiger partial charge in [-0.2, -0.15) is 18.3 Å². The molecule has 2 N–H and O–H groups in total. The Balaban J connectivity index is 1.51. The fourth-order valence-corrected chi connectivity index (χ4v) is 3.36.